The van der Waals surface area contributed by atoms with Gasteiger partial charge >= 0.3 is 41.6 Å². The Kier molecular flexibility index (Phi) is 11.6. The molecule has 0 saturated heterocycles. The van der Waals surface area contributed by atoms with E-state index in [0.29, 0.717) is 12.6 Å². The normalized spacial score (nSPS) is 11.2. The van der Waals surface area contributed by atoms with E-state index in [1.54, 1.807) is 0 Å². The monoisotopic (exact) mass is 343 g/mol. The van der Waals surface area contributed by atoms with E-state index in [-0.39, 0.29) is 48.7 Å². The molecule has 0 aliphatic carbocycles. The molecule has 24 heavy (non-hydrogen) atoms. The molecule has 1 atom stereocenters. The number of hydrogen-bond acceptors (Lipinski definition) is 6. The zero-order valence-corrected chi connectivity index (χ0v) is 15.7. The van der Waals surface area contributed by atoms with Gasteiger partial charge in [-0.25, -0.2) is 9.59 Å². The first-order valence-corrected chi connectivity index (χ1v) is 7.00. The number of rotatable bonds is 8. The Labute approximate surface area is 162 Å². The molecule has 0 radical (unpaired) electrons. The topological polar surface area (TPSA) is 105 Å². The number of esters is 1. The van der Waals surface area contributed by atoms with Gasteiger partial charge in [0.15, 0.2) is 0 Å². The largest absolute Gasteiger partial charge is 1.00 e. The van der Waals surface area contributed by atoms with Crippen molar-refractivity contribution in [1.82, 2.24) is 5.32 Å². The molecule has 1 rings (SSSR count). The molecule has 0 aliphatic rings. The molecule has 1 aromatic carbocycles. The third-order valence-corrected chi connectivity index (χ3v) is 2.84. The number of benzene rings is 1. The molecule has 0 heterocycles. The summed E-state index contributed by atoms with van der Waals surface area (Å²) in [7, 11) is 0. The minimum absolute atomic E-state index is 0. The van der Waals surface area contributed by atoms with Crippen LogP contribution in [0.25, 0.3) is 0 Å². The molecule has 0 aromatic heterocycles. The van der Waals surface area contributed by atoms with E-state index >= 15 is 0 Å². The number of amides is 1. The number of carboxylic acids is 1. The number of aliphatic carboxylic acids is 1. The van der Waals surface area contributed by atoms with Crippen LogP contribution in [0.4, 0.5) is 4.79 Å². The Bertz CT molecular complexity index is 561. The summed E-state index contributed by atoms with van der Waals surface area (Å²) < 4.78 is 9.44. The van der Waals surface area contributed by atoms with Crippen molar-refractivity contribution in [2.75, 3.05) is 19.8 Å². The molecule has 7 nitrogen and oxygen atoms in total. The minimum Gasteiger partial charge on any atom is -0.545 e. The number of carbonyl (C=O) groups excluding carboxylic acids is 3. The Morgan fingerprint density at radius 2 is 1.75 bits per heavy atom. The van der Waals surface area contributed by atoms with E-state index < -0.39 is 18.0 Å². The summed E-state index contributed by atoms with van der Waals surface area (Å²) in [6, 6.07) is 9.71. The van der Waals surface area contributed by atoms with Crippen LogP contribution in [0.2, 0.25) is 0 Å². The third kappa shape index (κ3) is 10.0. The quantitative estimate of drug-likeness (QED) is 0.240. The fourth-order valence-corrected chi connectivity index (χ4v) is 1.65. The van der Waals surface area contributed by atoms with Crippen LogP contribution in [0.1, 0.15) is 18.4 Å². The molecule has 1 amide bonds. The summed E-state index contributed by atoms with van der Waals surface area (Å²) in [5.74, 6) is -2.21. The van der Waals surface area contributed by atoms with Crippen LogP contribution in [0.15, 0.2) is 42.5 Å². The second-order valence-electron chi connectivity index (χ2n) is 4.65. The van der Waals surface area contributed by atoms with Crippen LogP contribution in [-0.2, 0) is 19.1 Å². The first-order valence-electron chi connectivity index (χ1n) is 7.00. The van der Waals surface area contributed by atoms with E-state index in [2.05, 4.69) is 10.1 Å². The molecule has 124 valence electrons. The molecule has 1 unspecified atom stereocenters. The average Bonchev–Trinajstić information content (AvgIpc) is 2.55. The van der Waals surface area contributed by atoms with Crippen molar-refractivity contribution in [3.05, 3.63) is 48.0 Å². The summed E-state index contributed by atoms with van der Waals surface area (Å²) in [6.45, 7) is 2.09. The number of nitrogens with one attached hydrogen (secondary N) is 1. The molecular formula is C16H18NNaO6. The van der Waals surface area contributed by atoms with Gasteiger partial charge in [0.1, 0.15) is 13.2 Å². The summed E-state index contributed by atoms with van der Waals surface area (Å²) in [5, 5.41) is 12.7. The molecule has 0 saturated carbocycles. The molecule has 0 spiro atoms. The van der Waals surface area contributed by atoms with Crippen molar-refractivity contribution in [3.8, 4) is 0 Å². The Morgan fingerprint density at radius 3 is 2.38 bits per heavy atom. The fraction of sp³-hybridized carbons (Fsp3) is 0.312. The van der Waals surface area contributed by atoms with Gasteiger partial charge < -0.3 is 24.7 Å². The van der Waals surface area contributed by atoms with E-state index in [4.69, 9.17) is 4.74 Å². The van der Waals surface area contributed by atoms with Gasteiger partial charge in [0.05, 0.1) is 5.97 Å². The van der Waals surface area contributed by atoms with E-state index in [0.717, 1.165) is 11.6 Å². The standard InChI is InChI=1S/C16H19NO6.Na/c1-12(13-5-3-2-4-6-13)11-17-16(21)23-10-9-22-15(20)8-7-14(18)19;/h2-8,12H,9-11H2,1H3,(H,17,21)(H,18,19);/q;+1/p-1/b8-7-;. The van der Waals surface area contributed by atoms with Gasteiger partial charge in [-0.15, -0.1) is 0 Å². The minimum atomic E-state index is -1.50. The zero-order chi connectivity index (χ0) is 17.1. The first-order chi connectivity index (χ1) is 11.0. The smallest absolute Gasteiger partial charge is 0.545 e. The van der Waals surface area contributed by atoms with E-state index in [1.165, 1.54) is 0 Å². The number of hydrogen-bond donors (Lipinski definition) is 1. The second kappa shape index (κ2) is 12.6. The molecule has 8 heteroatoms. The van der Waals surface area contributed by atoms with Crippen molar-refractivity contribution in [1.29, 1.82) is 0 Å². The predicted octanol–water partition coefficient (Wildman–Crippen LogP) is -2.63. The SMILES string of the molecule is CC(CNC(=O)OCCOC(=O)/C=C\C(=O)[O-])c1ccccc1.[Na+]. The van der Waals surface area contributed by atoms with Crippen LogP contribution >= 0.6 is 0 Å². The van der Waals surface area contributed by atoms with Crippen molar-refractivity contribution in [2.24, 2.45) is 0 Å². The first kappa shape index (κ1) is 22.2. The van der Waals surface area contributed by atoms with Gasteiger partial charge in [-0.2, -0.15) is 0 Å². The summed E-state index contributed by atoms with van der Waals surface area (Å²) in [4.78, 5) is 32.5. The van der Waals surface area contributed by atoms with Gasteiger partial charge in [0.25, 0.3) is 0 Å². The Hall–Kier alpha value is -1.83. The zero-order valence-electron chi connectivity index (χ0n) is 13.7. The summed E-state index contributed by atoms with van der Waals surface area (Å²) in [6.07, 6.45) is 0.659. The number of ether oxygens (including phenoxy) is 2. The molecule has 0 bridgehead atoms. The van der Waals surface area contributed by atoms with Crippen molar-refractivity contribution in [3.63, 3.8) is 0 Å². The Morgan fingerprint density at radius 1 is 1.12 bits per heavy atom. The van der Waals surface area contributed by atoms with E-state index in [9.17, 15) is 19.5 Å². The van der Waals surface area contributed by atoms with Gasteiger partial charge in [0.2, 0.25) is 0 Å². The van der Waals surface area contributed by atoms with Gasteiger partial charge in [-0.05, 0) is 17.6 Å². The fourth-order valence-electron chi connectivity index (χ4n) is 1.65. The molecule has 1 N–H and O–H groups in total. The maximum Gasteiger partial charge on any atom is 1.00 e. The number of carbonyl (C=O) groups is 3. The second-order valence-corrected chi connectivity index (χ2v) is 4.65. The van der Waals surface area contributed by atoms with Crippen molar-refractivity contribution >= 4 is 18.0 Å². The Balaban J connectivity index is 0.00000529. The van der Waals surface area contributed by atoms with Crippen LogP contribution in [0, 0.1) is 0 Å². The van der Waals surface area contributed by atoms with Crippen LogP contribution < -0.4 is 40.0 Å². The maximum absolute atomic E-state index is 11.5. The summed E-state index contributed by atoms with van der Waals surface area (Å²) >= 11 is 0. The van der Waals surface area contributed by atoms with Gasteiger partial charge in [-0.3, -0.25) is 0 Å². The molecule has 0 fully saturated rings. The van der Waals surface area contributed by atoms with Gasteiger partial charge in [0, 0.05) is 12.6 Å². The van der Waals surface area contributed by atoms with Crippen LogP contribution in [0.3, 0.4) is 0 Å². The van der Waals surface area contributed by atoms with Crippen molar-refractivity contribution < 1.29 is 58.5 Å². The molecule has 0 aliphatic heterocycles. The number of carboxylic acid groups (broad SMARTS) is 1. The number of alkyl carbamates (subject to hydrolysis) is 1. The predicted molar refractivity (Wildman–Crippen MR) is 79.3 cm³/mol. The van der Waals surface area contributed by atoms with Gasteiger partial charge in [-0.1, -0.05) is 37.3 Å². The van der Waals surface area contributed by atoms with Crippen LogP contribution in [0.5, 0.6) is 0 Å². The average molecular weight is 343 g/mol. The van der Waals surface area contributed by atoms with Crippen molar-refractivity contribution in [2.45, 2.75) is 12.8 Å². The third-order valence-electron chi connectivity index (χ3n) is 2.84. The van der Waals surface area contributed by atoms with E-state index in [1.807, 2.05) is 37.3 Å². The molecule has 1 aromatic rings. The maximum atomic E-state index is 11.5. The molecular weight excluding hydrogens is 325 g/mol. The van der Waals surface area contributed by atoms with Crippen LogP contribution in [-0.4, -0.2) is 37.8 Å². The summed E-state index contributed by atoms with van der Waals surface area (Å²) in [5.41, 5.74) is 1.10.